The van der Waals surface area contributed by atoms with Crippen molar-refractivity contribution in [1.29, 1.82) is 0 Å². The zero-order valence-electron chi connectivity index (χ0n) is 16.6. The number of halogens is 1. The molecular formula is C17H31IN6O3. The first-order valence-electron chi connectivity index (χ1n) is 8.95. The molecule has 0 aromatic carbocycles. The first kappa shape index (κ1) is 23.4. The van der Waals surface area contributed by atoms with E-state index in [2.05, 4.69) is 31.2 Å². The molecule has 0 spiro atoms. The van der Waals surface area contributed by atoms with Gasteiger partial charge in [-0.15, -0.1) is 24.0 Å². The summed E-state index contributed by atoms with van der Waals surface area (Å²) in [5.74, 6) is 0.530. The molecule has 0 aromatic rings. The van der Waals surface area contributed by atoms with Crippen molar-refractivity contribution in [3.63, 3.8) is 0 Å². The van der Waals surface area contributed by atoms with Crippen molar-refractivity contribution < 1.29 is 14.4 Å². The Bertz CT molecular complexity index is 616. The largest absolute Gasteiger partial charge is 0.359 e. The van der Waals surface area contributed by atoms with Gasteiger partial charge in [0.1, 0.15) is 5.54 Å². The third-order valence-corrected chi connectivity index (χ3v) is 5.42. The molecule has 2 rings (SSSR count). The summed E-state index contributed by atoms with van der Waals surface area (Å²) in [6.45, 7) is 7.45. The predicted octanol–water partition coefficient (Wildman–Crippen LogP) is 0.262. The van der Waals surface area contributed by atoms with E-state index in [1.807, 2.05) is 13.8 Å². The second kappa shape index (κ2) is 9.07. The summed E-state index contributed by atoms with van der Waals surface area (Å²) in [7, 11) is 3.34. The van der Waals surface area contributed by atoms with Crippen LogP contribution >= 0.6 is 24.0 Å². The number of amides is 4. The van der Waals surface area contributed by atoms with Crippen LogP contribution in [0.3, 0.4) is 0 Å². The Morgan fingerprint density at radius 1 is 1.33 bits per heavy atom. The van der Waals surface area contributed by atoms with Gasteiger partial charge >= 0.3 is 6.03 Å². The van der Waals surface area contributed by atoms with Gasteiger partial charge in [-0.3, -0.25) is 19.9 Å². The normalized spacial score (nSPS) is 24.0. The average Bonchev–Trinajstić information content (AvgIpc) is 2.88. The van der Waals surface area contributed by atoms with Crippen molar-refractivity contribution in [2.75, 3.05) is 33.7 Å². The highest BCUT2D eigenvalue weighted by Gasteiger charge is 2.48. The quantitative estimate of drug-likeness (QED) is 0.194. The molecular weight excluding hydrogens is 463 g/mol. The third-order valence-electron chi connectivity index (χ3n) is 5.42. The SMILES string of the molecule is CN=C(NCC(C)(C)C(=O)NC)N1CCC(C2(C)NC(=O)NC2=O)CC1.I. The summed E-state index contributed by atoms with van der Waals surface area (Å²) in [5.41, 5.74) is -1.40. The maximum atomic E-state index is 12.1. The molecule has 10 heteroatoms. The lowest BCUT2D eigenvalue weighted by Crippen LogP contribution is -2.56. The maximum Gasteiger partial charge on any atom is 0.322 e. The second-order valence-electron chi connectivity index (χ2n) is 7.74. The summed E-state index contributed by atoms with van der Waals surface area (Å²) in [6, 6.07) is -0.422. The number of hydrogen-bond acceptors (Lipinski definition) is 4. The van der Waals surface area contributed by atoms with E-state index >= 15 is 0 Å². The topological polar surface area (TPSA) is 115 Å². The number of likely N-dealkylation sites (tertiary alicyclic amines) is 1. The van der Waals surface area contributed by atoms with E-state index in [1.165, 1.54) is 0 Å². The second-order valence-corrected chi connectivity index (χ2v) is 7.74. The Balaban J connectivity index is 0.00000364. The fourth-order valence-electron chi connectivity index (χ4n) is 3.56. The van der Waals surface area contributed by atoms with Crippen molar-refractivity contribution in [2.24, 2.45) is 16.3 Å². The molecule has 2 fully saturated rings. The molecule has 1 unspecified atom stereocenters. The van der Waals surface area contributed by atoms with E-state index in [9.17, 15) is 14.4 Å². The van der Waals surface area contributed by atoms with Crippen LogP contribution in [0.1, 0.15) is 33.6 Å². The van der Waals surface area contributed by atoms with E-state index < -0.39 is 17.0 Å². The van der Waals surface area contributed by atoms with Gasteiger partial charge in [-0.1, -0.05) is 0 Å². The van der Waals surface area contributed by atoms with Crippen LogP contribution in [0.15, 0.2) is 4.99 Å². The van der Waals surface area contributed by atoms with E-state index in [0.29, 0.717) is 6.54 Å². The first-order chi connectivity index (χ1) is 12.1. The van der Waals surface area contributed by atoms with E-state index in [1.54, 1.807) is 21.0 Å². The smallest absolute Gasteiger partial charge is 0.322 e. The Morgan fingerprint density at radius 3 is 2.37 bits per heavy atom. The molecule has 2 aliphatic rings. The molecule has 0 aliphatic carbocycles. The molecule has 2 heterocycles. The molecule has 0 bridgehead atoms. The number of carbonyl (C=O) groups excluding carboxylic acids is 3. The standard InChI is InChI=1S/C17H30N6O3.HI/c1-16(2,12(24)18-4)10-20-14(19-5)23-8-6-11(7-9-23)17(3)13(25)21-15(26)22-17;/h11H,6-10H2,1-5H3,(H,18,24)(H,19,20)(H2,21,22,25,26);1H. The minimum absolute atomic E-state index is 0. The van der Waals surface area contributed by atoms with Crippen LogP contribution in [0.4, 0.5) is 4.79 Å². The predicted molar refractivity (Wildman–Crippen MR) is 114 cm³/mol. The van der Waals surface area contributed by atoms with Crippen LogP contribution in [0.5, 0.6) is 0 Å². The number of carbonyl (C=O) groups is 3. The molecule has 0 aromatic heterocycles. The van der Waals surface area contributed by atoms with Gasteiger partial charge in [0.25, 0.3) is 5.91 Å². The van der Waals surface area contributed by atoms with Gasteiger partial charge in [-0.05, 0) is 39.5 Å². The fraction of sp³-hybridized carbons (Fsp3) is 0.765. The number of aliphatic imine (C=N–C) groups is 1. The number of nitrogens with zero attached hydrogens (tertiary/aromatic N) is 2. The fourth-order valence-corrected chi connectivity index (χ4v) is 3.56. The van der Waals surface area contributed by atoms with Crippen molar-refractivity contribution in [1.82, 2.24) is 26.2 Å². The Kier molecular flexibility index (Phi) is 7.87. The number of hydrogen-bond donors (Lipinski definition) is 4. The Hall–Kier alpha value is -1.59. The highest BCUT2D eigenvalue weighted by molar-refractivity contribution is 14.0. The van der Waals surface area contributed by atoms with E-state index in [-0.39, 0.29) is 41.7 Å². The van der Waals surface area contributed by atoms with E-state index in [0.717, 1.165) is 31.9 Å². The van der Waals surface area contributed by atoms with Crippen LogP contribution in [-0.4, -0.2) is 68.0 Å². The molecule has 27 heavy (non-hydrogen) atoms. The summed E-state index contributed by atoms with van der Waals surface area (Å²) < 4.78 is 0. The summed E-state index contributed by atoms with van der Waals surface area (Å²) >= 11 is 0. The van der Waals surface area contributed by atoms with Gasteiger partial charge in [-0.2, -0.15) is 0 Å². The monoisotopic (exact) mass is 494 g/mol. The van der Waals surface area contributed by atoms with Crippen LogP contribution < -0.4 is 21.3 Å². The number of rotatable bonds is 4. The number of guanidine groups is 1. The molecule has 1 atom stereocenters. The van der Waals surface area contributed by atoms with Crippen molar-refractivity contribution >= 4 is 47.8 Å². The summed E-state index contributed by atoms with van der Waals surface area (Å²) in [5, 5.41) is 11.0. The Labute approximate surface area is 177 Å². The molecule has 4 N–H and O–H groups in total. The first-order valence-corrected chi connectivity index (χ1v) is 8.95. The van der Waals surface area contributed by atoms with Crippen LogP contribution in [-0.2, 0) is 9.59 Å². The van der Waals surface area contributed by atoms with Crippen LogP contribution in [0, 0.1) is 11.3 Å². The van der Waals surface area contributed by atoms with Crippen LogP contribution in [0.25, 0.3) is 0 Å². The highest BCUT2D eigenvalue weighted by Crippen LogP contribution is 2.30. The van der Waals surface area contributed by atoms with Gasteiger partial charge in [-0.25, -0.2) is 4.79 Å². The number of imide groups is 1. The lowest BCUT2D eigenvalue weighted by Gasteiger charge is -2.40. The molecule has 2 aliphatic heterocycles. The van der Waals surface area contributed by atoms with Gasteiger partial charge in [0, 0.05) is 33.7 Å². The molecule has 0 radical (unpaired) electrons. The zero-order valence-corrected chi connectivity index (χ0v) is 19.0. The van der Waals surface area contributed by atoms with Crippen LogP contribution in [0.2, 0.25) is 0 Å². The van der Waals surface area contributed by atoms with Crippen molar-refractivity contribution in [2.45, 2.75) is 39.2 Å². The Morgan fingerprint density at radius 2 is 1.93 bits per heavy atom. The molecule has 4 amide bonds. The minimum Gasteiger partial charge on any atom is -0.359 e. The number of nitrogens with one attached hydrogen (secondary N) is 4. The van der Waals surface area contributed by atoms with Gasteiger partial charge in [0.05, 0.1) is 5.41 Å². The lowest BCUT2D eigenvalue weighted by atomic mass is 9.79. The van der Waals surface area contributed by atoms with E-state index in [4.69, 9.17) is 0 Å². The van der Waals surface area contributed by atoms with Gasteiger partial charge in [0.15, 0.2) is 5.96 Å². The number of urea groups is 1. The maximum absolute atomic E-state index is 12.1. The molecule has 2 saturated heterocycles. The van der Waals surface area contributed by atoms with Crippen molar-refractivity contribution in [3.05, 3.63) is 0 Å². The minimum atomic E-state index is -0.846. The van der Waals surface area contributed by atoms with Gasteiger partial charge < -0.3 is 20.9 Å². The van der Waals surface area contributed by atoms with Gasteiger partial charge in [0.2, 0.25) is 5.91 Å². The zero-order chi connectivity index (χ0) is 19.5. The molecule has 0 saturated carbocycles. The summed E-state index contributed by atoms with van der Waals surface area (Å²) in [4.78, 5) is 41.9. The lowest BCUT2D eigenvalue weighted by molar-refractivity contribution is -0.128. The number of piperidine rings is 1. The average molecular weight is 494 g/mol. The molecule has 9 nitrogen and oxygen atoms in total. The highest BCUT2D eigenvalue weighted by atomic mass is 127. The molecule has 154 valence electrons. The summed E-state index contributed by atoms with van der Waals surface area (Å²) in [6.07, 6.45) is 1.54. The van der Waals surface area contributed by atoms with Crippen molar-refractivity contribution in [3.8, 4) is 0 Å². The third kappa shape index (κ3) is 5.02.